The predicted molar refractivity (Wildman–Crippen MR) is 111 cm³/mol. The molecule has 0 N–H and O–H groups in total. The zero-order valence-corrected chi connectivity index (χ0v) is 15.1. The van der Waals surface area contributed by atoms with Crippen molar-refractivity contribution >= 4 is 33.4 Å². The highest BCUT2D eigenvalue weighted by Crippen LogP contribution is 2.37. The maximum absolute atomic E-state index is 14.7. The molecule has 130 valence electrons. The zero-order chi connectivity index (χ0) is 18.4. The summed E-state index contributed by atoms with van der Waals surface area (Å²) in [6, 6.07) is 29.2. The van der Waals surface area contributed by atoms with E-state index in [-0.39, 0.29) is 5.82 Å². The third-order valence-electron chi connectivity index (χ3n) is 4.95. The molecule has 1 nitrogen and oxygen atoms in total. The predicted octanol–water partition coefficient (Wildman–Crippen LogP) is 7.24. The van der Waals surface area contributed by atoms with Gasteiger partial charge in [0, 0.05) is 21.4 Å². The largest absolute Gasteiger partial charge is 0.309 e. The molecule has 5 aromatic rings. The smallest absolute Gasteiger partial charge is 0.133 e. The van der Waals surface area contributed by atoms with Crippen molar-refractivity contribution in [2.75, 3.05) is 0 Å². The van der Waals surface area contributed by atoms with Gasteiger partial charge >= 0.3 is 0 Å². The SMILES string of the molecule is Fc1cccc2c1c1ccccc1n2-c1ccccc1-c1ccc(Cl)cc1. The van der Waals surface area contributed by atoms with E-state index in [4.69, 9.17) is 11.6 Å². The van der Waals surface area contributed by atoms with Crippen molar-refractivity contribution in [3.8, 4) is 16.8 Å². The van der Waals surface area contributed by atoms with E-state index in [2.05, 4.69) is 16.7 Å². The Kier molecular flexibility index (Phi) is 3.73. The van der Waals surface area contributed by atoms with E-state index in [1.54, 1.807) is 6.07 Å². The molecule has 1 aromatic heterocycles. The van der Waals surface area contributed by atoms with Crippen LogP contribution in [0.5, 0.6) is 0 Å². The van der Waals surface area contributed by atoms with Gasteiger partial charge in [-0.15, -0.1) is 0 Å². The van der Waals surface area contributed by atoms with Crippen LogP contribution in [-0.4, -0.2) is 4.57 Å². The minimum Gasteiger partial charge on any atom is -0.309 e. The third-order valence-corrected chi connectivity index (χ3v) is 5.20. The minimum absolute atomic E-state index is 0.202. The van der Waals surface area contributed by atoms with Gasteiger partial charge in [0.1, 0.15) is 5.82 Å². The van der Waals surface area contributed by atoms with E-state index in [1.807, 2.05) is 66.7 Å². The van der Waals surface area contributed by atoms with Crippen molar-refractivity contribution in [3.63, 3.8) is 0 Å². The van der Waals surface area contributed by atoms with Crippen LogP contribution in [0.25, 0.3) is 38.6 Å². The molecule has 3 heteroatoms. The highest BCUT2D eigenvalue weighted by molar-refractivity contribution is 6.30. The van der Waals surface area contributed by atoms with Crippen LogP contribution in [0, 0.1) is 5.82 Å². The van der Waals surface area contributed by atoms with E-state index in [9.17, 15) is 4.39 Å². The van der Waals surface area contributed by atoms with Crippen molar-refractivity contribution < 1.29 is 4.39 Å². The van der Waals surface area contributed by atoms with Gasteiger partial charge in [0.15, 0.2) is 0 Å². The molecule has 0 atom stereocenters. The number of hydrogen-bond donors (Lipinski definition) is 0. The Balaban J connectivity index is 1.90. The molecule has 0 spiro atoms. The number of halogens is 2. The van der Waals surface area contributed by atoms with Gasteiger partial charge < -0.3 is 4.57 Å². The highest BCUT2D eigenvalue weighted by Gasteiger charge is 2.17. The lowest BCUT2D eigenvalue weighted by Gasteiger charge is -2.14. The first-order valence-electron chi connectivity index (χ1n) is 8.77. The molecule has 0 aliphatic carbocycles. The number of benzene rings is 4. The average molecular weight is 372 g/mol. The van der Waals surface area contributed by atoms with Crippen LogP contribution in [0.15, 0.2) is 91.0 Å². The summed E-state index contributed by atoms with van der Waals surface area (Å²) in [7, 11) is 0. The van der Waals surface area contributed by atoms with Crippen molar-refractivity contribution in [1.82, 2.24) is 4.57 Å². The van der Waals surface area contributed by atoms with Crippen LogP contribution in [0.4, 0.5) is 4.39 Å². The Hall–Kier alpha value is -3.10. The highest BCUT2D eigenvalue weighted by atomic mass is 35.5. The van der Waals surface area contributed by atoms with Crippen LogP contribution < -0.4 is 0 Å². The number of fused-ring (bicyclic) bond motifs is 3. The summed E-state index contributed by atoms with van der Waals surface area (Å²) in [5.74, 6) is -0.202. The summed E-state index contributed by atoms with van der Waals surface area (Å²) in [6.45, 7) is 0. The van der Waals surface area contributed by atoms with E-state index < -0.39 is 0 Å². The molecule has 0 aliphatic rings. The van der Waals surface area contributed by atoms with Gasteiger partial charge in [0.25, 0.3) is 0 Å². The number of nitrogens with zero attached hydrogens (tertiary/aromatic N) is 1. The van der Waals surface area contributed by atoms with Crippen molar-refractivity contribution in [1.29, 1.82) is 0 Å². The Labute approximate surface area is 161 Å². The maximum Gasteiger partial charge on any atom is 0.133 e. The summed E-state index contributed by atoms with van der Waals surface area (Å²) >= 11 is 6.07. The molecule has 0 radical (unpaired) electrons. The molecule has 0 saturated heterocycles. The van der Waals surface area contributed by atoms with Crippen LogP contribution in [-0.2, 0) is 0 Å². The molecule has 0 aliphatic heterocycles. The Bertz CT molecular complexity index is 1290. The van der Waals surface area contributed by atoms with Gasteiger partial charge in [-0.3, -0.25) is 0 Å². The second-order valence-corrected chi connectivity index (χ2v) is 6.95. The van der Waals surface area contributed by atoms with Crippen LogP contribution >= 0.6 is 11.6 Å². The third kappa shape index (κ3) is 2.53. The zero-order valence-electron chi connectivity index (χ0n) is 14.4. The van der Waals surface area contributed by atoms with Crippen molar-refractivity contribution in [3.05, 3.63) is 102 Å². The van der Waals surface area contributed by atoms with E-state index >= 15 is 0 Å². The quantitative estimate of drug-likeness (QED) is 0.308. The molecule has 0 fully saturated rings. The topological polar surface area (TPSA) is 4.93 Å². The molecule has 27 heavy (non-hydrogen) atoms. The molecule has 5 rings (SSSR count). The lowest BCUT2D eigenvalue weighted by Crippen LogP contribution is -1.97. The molecule has 0 amide bonds. The second kappa shape index (κ2) is 6.26. The lowest BCUT2D eigenvalue weighted by molar-refractivity contribution is 0.640. The number of para-hydroxylation sites is 2. The first kappa shape index (κ1) is 16.1. The van der Waals surface area contributed by atoms with Crippen LogP contribution in [0.3, 0.4) is 0 Å². The number of hydrogen-bond acceptors (Lipinski definition) is 0. The van der Waals surface area contributed by atoms with E-state index in [0.29, 0.717) is 10.4 Å². The summed E-state index contributed by atoms with van der Waals surface area (Å²) in [5.41, 5.74) is 4.99. The van der Waals surface area contributed by atoms with Crippen molar-refractivity contribution in [2.24, 2.45) is 0 Å². The molecular formula is C24H15ClFN. The number of rotatable bonds is 2. The summed E-state index contributed by atoms with van der Waals surface area (Å²) in [4.78, 5) is 0. The molecule has 1 heterocycles. The monoisotopic (exact) mass is 371 g/mol. The standard InChI is InChI=1S/C24H15ClFN/c25-17-14-12-16(13-15-17)18-6-1-3-9-21(18)27-22-10-4-2-7-19(22)24-20(26)8-5-11-23(24)27/h1-15H. The summed E-state index contributed by atoms with van der Waals surface area (Å²) in [5, 5.41) is 2.27. The average Bonchev–Trinajstić information content (AvgIpc) is 3.04. The maximum atomic E-state index is 14.7. The first-order valence-corrected chi connectivity index (χ1v) is 9.15. The van der Waals surface area contributed by atoms with Gasteiger partial charge in [-0.05, 0) is 42.0 Å². The van der Waals surface area contributed by atoms with Gasteiger partial charge in [0.05, 0.1) is 16.7 Å². The fourth-order valence-corrected chi connectivity index (χ4v) is 3.90. The molecule has 0 saturated carbocycles. The van der Waals surface area contributed by atoms with E-state index in [0.717, 1.165) is 33.2 Å². The van der Waals surface area contributed by atoms with E-state index in [1.165, 1.54) is 6.07 Å². The van der Waals surface area contributed by atoms with Gasteiger partial charge in [-0.25, -0.2) is 4.39 Å². The van der Waals surface area contributed by atoms with Gasteiger partial charge in [-0.1, -0.05) is 66.2 Å². The normalized spacial score (nSPS) is 11.3. The molecule has 0 bridgehead atoms. The van der Waals surface area contributed by atoms with Crippen molar-refractivity contribution in [2.45, 2.75) is 0 Å². The molecular weight excluding hydrogens is 357 g/mol. The lowest BCUT2D eigenvalue weighted by atomic mass is 10.0. The minimum atomic E-state index is -0.202. The summed E-state index contributed by atoms with van der Waals surface area (Å²) < 4.78 is 16.8. The second-order valence-electron chi connectivity index (χ2n) is 6.51. The van der Waals surface area contributed by atoms with Crippen LogP contribution in [0.2, 0.25) is 5.02 Å². The van der Waals surface area contributed by atoms with Gasteiger partial charge in [-0.2, -0.15) is 0 Å². The first-order chi connectivity index (χ1) is 13.2. The summed E-state index contributed by atoms with van der Waals surface area (Å²) in [6.07, 6.45) is 0. The Morgan fingerprint density at radius 3 is 2.22 bits per heavy atom. The van der Waals surface area contributed by atoms with Gasteiger partial charge in [0.2, 0.25) is 0 Å². The Morgan fingerprint density at radius 1 is 0.667 bits per heavy atom. The fourth-order valence-electron chi connectivity index (χ4n) is 3.78. The van der Waals surface area contributed by atoms with Crippen LogP contribution in [0.1, 0.15) is 0 Å². The molecule has 0 unspecified atom stereocenters. The Morgan fingerprint density at radius 2 is 1.37 bits per heavy atom. The molecule has 4 aromatic carbocycles. The fraction of sp³-hybridized carbons (Fsp3) is 0. The number of aromatic nitrogens is 1.